The first-order valence-electron chi connectivity index (χ1n) is 8.03. The standard InChI is InChI=1S/C19H23N3O3/c1-19(2,18(24)22-13-15-9-6-7-11-20-15)17(23)21-12-14-8-4-5-10-16(14)25-3/h4-11H,12-13H2,1-3H3,(H,21,23)(H,22,24). The topological polar surface area (TPSA) is 80.3 Å². The molecule has 2 aromatic rings. The normalized spacial score (nSPS) is 10.8. The highest BCUT2D eigenvalue weighted by Crippen LogP contribution is 2.19. The van der Waals surface area contributed by atoms with E-state index in [4.69, 9.17) is 4.74 Å². The Bertz CT molecular complexity index is 730. The number of nitrogens with zero attached hydrogens (tertiary/aromatic N) is 1. The van der Waals surface area contributed by atoms with E-state index in [2.05, 4.69) is 15.6 Å². The molecular formula is C19H23N3O3. The second-order valence-corrected chi connectivity index (χ2v) is 6.12. The van der Waals surface area contributed by atoms with Gasteiger partial charge in [-0.2, -0.15) is 0 Å². The largest absolute Gasteiger partial charge is 0.496 e. The Hall–Kier alpha value is -2.89. The van der Waals surface area contributed by atoms with Crippen LogP contribution in [0.5, 0.6) is 5.75 Å². The van der Waals surface area contributed by atoms with Crippen LogP contribution in [0.4, 0.5) is 0 Å². The molecule has 132 valence electrons. The highest BCUT2D eigenvalue weighted by molar-refractivity contribution is 6.04. The van der Waals surface area contributed by atoms with Crippen LogP contribution in [0.1, 0.15) is 25.1 Å². The van der Waals surface area contributed by atoms with Gasteiger partial charge in [0.2, 0.25) is 11.8 Å². The lowest BCUT2D eigenvalue weighted by atomic mass is 9.91. The van der Waals surface area contributed by atoms with Crippen molar-refractivity contribution in [2.24, 2.45) is 5.41 Å². The fraction of sp³-hybridized carbons (Fsp3) is 0.316. The van der Waals surface area contributed by atoms with Gasteiger partial charge in [-0.05, 0) is 32.0 Å². The second-order valence-electron chi connectivity index (χ2n) is 6.12. The van der Waals surface area contributed by atoms with Crippen LogP contribution in [0.25, 0.3) is 0 Å². The maximum atomic E-state index is 12.5. The van der Waals surface area contributed by atoms with E-state index < -0.39 is 5.41 Å². The molecule has 0 spiro atoms. The summed E-state index contributed by atoms with van der Waals surface area (Å²) in [5, 5.41) is 5.55. The summed E-state index contributed by atoms with van der Waals surface area (Å²) in [6, 6.07) is 12.9. The Kier molecular flexibility index (Phi) is 6.11. The fourth-order valence-electron chi connectivity index (χ4n) is 2.24. The first-order valence-corrected chi connectivity index (χ1v) is 8.03. The molecule has 25 heavy (non-hydrogen) atoms. The molecule has 1 aromatic heterocycles. The van der Waals surface area contributed by atoms with E-state index in [1.54, 1.807) is 33.2 Å². The summed E-state index contributed by atoms with van der Waals surface area (Å²) >= 11 is 0. The van der Waals surface area contributed by atoms with Gasteiger partial charge in [-0.25, -0.2) is 0 Å². The minimum Gasteiger partial charge on any atom is -0.496 e. The third-order valence-corrected chi connectivity index (χ3v) is 3.92. The SMILES string of the molecule is COc1ccccc1CNC(=O)C(C)(C)C(=O)NCc1ccccn1. The van der Waals surface area contributed by atoms with Gasteiger partial charge in [0, 0.05) is 18.3 Å². The Morgan fingerprint density at radius 1 is 1.00 bits per heavy atom. The van der Waals surface area contributed by atoms with Crippen LogP contribution >= 0.6 is 0 Å². The zero-order chi connectivity index (χ0) is 18.3. The average Bonchev–Trinajstić information content (AvgIpc) is 2.64. The molecule has 0 fully saturated rings. The van der Waals surface area contributed by atoms with E-state index in [0.717, 1.165) is 11.3 Å². The lowest BCUT2D eigenvalue weighted by molar-refractivity contribution is -0.141. The van der Waals surface area contributed by atoms with E-state index in [1.807, 2.05) is 36.4 Å². The van der Waals surface area contributed by atoms with Crippen LogP contribution in [0.15, 0.2) is 48.7 Å². The highest BCUT2D eigenvalue weighted by Gasteiger charge is 2.35. The quantitative estimate of drug-likeness (QED) is 0.755. The second kappa shape index (κ2) is 8.28. The van der Waals surface area contributed by atoms with Crippen molar-refractivity contribution in [1.29, 1.82) is 0 Å². The average molecular weight is 341 g/mol. The van der Waals surface area contributed by atoms with Crippen molar-refractivity contribution in [3.63, 3.8) is 0 Å². The zero-order valence-corrected chi connectivity index (χ0v) is 14.7. The molecule has 6 nitrogen and oxygen atoms in total. The molecule has 0 aliphatic carbocycles. The van der Waals surface area contributed by atoms with Crippen LogP contribution in [0.3, 0.4) is 0 Å². The summed E-state index contributed by atoms with van der Waals surface area (Å²) in [5.74, 6) is -0.00665. The van der Waals surface area contributed by atoms with Gasteiger partial charge in [-0.3, -0.25) is 14.6 Å². The van der Waals surface area contributed by atoms with Crippen molar-refractivity contribution in [2.75, 3.05) is 7.11 Å². The number of ether oxygens (including phenoxy) is 1. The molecule has 0 saturated heterocycles. The molecule has 1 heterocycles. The molecule has 2 N–H and O–H groups in total. The van der Waals surface area contributed by atoms with Gasteiger partial charge in [-0.1, -0.05) is 24.3 Å². The van der Waals surface area contributed by atoms with Gasteiger partial charge in [0.1, 0.15) is 11.2 Å². The Labute approximate surface area is 147 Å². The number of methoxy groups -OCH3 is 1. The van der Waals surface area contributed by atoms with E-state index >= 15 is 0 Å². The fourth-order valence-corrected chi connectivity index (χ4v) is 2.24. The maximum absolute atomic E-state index is 12.5. The van der Waals surface area contributed by atoms with E-state index in [1.165, 1.54) is 0 Å². The van der Waals surface area contributed by atoms with E-state index in [-0.39, 0.29) is 18.4 Å². The van der Waals surface area contributed by atoms with Crippen molar-refractivity contribution in [3.05, 3.63) is 59.9 Å². The number of rotatable bonds is 7. The number of aromatic nitrogens is 1. The number of nitrogens with one attached hydrogen (secondary N) is 2. The third kappa shape index (κ3) is 4.79. The van der Waals surface area contributed by atoms with Crippen LogP contribution in [-0.4, -0.2) is 23.9 Å². The van der Waals surface area contributed by atoms with Gasteiger partial charge in [0.15, 0.2) is 0 Å². The predicted molar refractivity (Wildman–Crippen MR) is 94.7 cm³/mol. The van der Waals surface area contributed by atoms with Gasteiger partial charge >= 0.3 is 0 Å². The number of hydrogen-bond donors (Lipinski definition) is 2. The van der Waals surface area contributed by atoms with E-state index in [0.29, 0.717) is 12.3 Å². The third-order valence-electron chi connectivity index (χ3n) is 3.92. The van der Waals surface area contributed by atoms with E-state index in [9.17, 15) is 9.59 Å². The Morgan fingerprint density at radius 2 is 1.64 bits per heavy atom. The lowest BCUT2D eigenvalue weighted by Gasteiger charge is -2.23. The molecule has 0 aliphatic rings. The molecule has 0 saturated carbocycles. The number of benzene rings is 1. The van der Waals surface area contributed by atoms with Crippen molar-refractivity contribution < 1.29 is 14.3 Å². The van der Waals surface area contributed by atoms with Gasteiger partial charge in [0.05, 0.1) is 19.3 Å². The number of hydrogen-bond acceptors (Lipinski definition) is 4. The lowest BCUT2D eigenvalue weighted by Crippen LogP contribution is -2.47. The molecular weight excluding hydrogens is 318 g/mol. The summed E-state index contributed by atoms with van der Waals surface area (Å²) in [5.41, 5.74) is 0.390. The molecule has 2 amide bonds. The number of para-hydroxylation sites is 1. The smallest absolute Gasteiger partial charge is 0.235 e. The molecule has 0 atom stereocenters. The van der Waals surface area contributed by atoms with Crippen molar-refractivity contribution in [3.8, 4) is 5.75 Å². The summed E-state index contributed by atoms with van der Waals surface area (Å²) in [6.45, 7) is 3.76. The summed E-state index contributed by atoms with van der Waals surface area (Å²) in [7, 11) is 1.58. The molecule has 0 unspecified atom stereocenters. The molecule has 0 aliphatic heterocycles. The van der Waals surface area contributed by atoms with Crippen LogP contribution in [0.2, 0.25) is 0 Å². The summed E-state index contributed by atoms with van der Waals surface area (Å²) < 4.78 is 5.26. The van der Waals surface area contributed by atoms with Gasteiger partial charge < -0.3 is 15.4 Å². The number of carbonyl (C=O) groups excluding carboxylic acids is 2. The minimum absolute atomic E-state index is 0.281. The van der Waals surface area contributed by atoms with Gasteiger partial charge in [0.25, 0.3) is 0 Å². The summed E-state index contributed by atoms with van der Waals surface area (Å²) in [6.07, 6.45) is 1.66. The molecule has 6 heteroatoms. The maximum Gasteiger partial charge on any atom is 0.235 e. The van der Waals surface area contributed by atoms with Crippen molar-refractivity contribution in [2.45, 2.75) is 26.9 Å². The molecule has 0 radical (unpaired) electrons. The first kappa shape index (κ1) is 18.4. The minimum atomic E-state index is -1.20. The van der Waals surface area contributed by atoms with Gasteiger partial charge in [-0.15, -0.1) is 0 Å². The number of carbonyl (C=O) groups is 2. The van der Waals surface area contributed by atoms with Crippen LogP contribution in [-0.2, 0) is 22.7 Å². The summed E-state index contributed by atoms with van der Waals surface area (Å²) in [4.78, 5) is 29.0. The predicted octanol–water partition coefficient (Wildman–Crippen LogP) is 2.05. The van der Waals surface area contributed by atoms with Crippen LogP contribution in [0, 0.1) is 5.41 Å². The molecule has 1 aromatic carbocycles. The number of amides is 2. The van der Waals surface area contributed by atoms with Crippen LogP contribution < -0.4 is 15.4 Å². The Morgan fingerprint density at radius 3 is 2.28 bits per heavy atom. The Balaban J connectivity index is 1.93. The first-order chi connectivity index (χ1) is 11.9. The van der Waals surface area contributed by atoms with Crippen molar-refractivity contribution >= 4 is 11.8 Å². The zero-order valence-electron chi connectivity index (χ0n) is 14.7. The van der Waals surface area contributed by atoms with Crippen molar-refractivity contribution in [1.82, 2.24) is 15.6 Å². The molecule has 2 rings (SSSR count). The molecule has 0 bridgehead atoms. The number of pyridine rings is 1. The monoisotopic (exact) mass is 341 g/mol. The highest BCUT2D eigenvalue weighted by atomic mass is 16.5.